The van der Waals surface area contributed by atoms with Crippen molar-refractivity contribution < 1.29 is 19.7 Å². The predicted molar refractivity (Wildman–Crippen MR) is 60.2 cm³/mol. The third-order valence-electron chi connectivity index (χ3n) is 2.34. The summed E-state index contributed by atoms with van der Waals surface area (Å²) in [7, 11) is 1.42. The number of methoxy groups -OCH3 is 1. The first-order valence-corrected chi connectivity index (χ1v) is 5.12. The van der Waals surface area contributed by atoms with Gasteiger partial charge >= 0.3 is 5.97 Å². The van der Waals surface area contributed by atoms with Gasteiger partial charge in [-0.2, -0.15) is 0 Å². The molecule has 1 unspecified atom stereocenters. The first kappa shape index (κ1) is 12.6. The standard InChI is InChI=1S/C11H13ClO4/c1-6(11(14)15)5-7-8(12)3-4-9(16-2)10(7)13/h3-4,6,13H,5H2,1-2H3,(H,14,15). The smallest absolute Gasteiger partial charge is 0.306 e. The van der Waals surface area contributed by atoms with E-state index < -0.39 is 11.9 Å². The number of ether oxygens (including phenoxy) is 1. The highest BCUT2D eigenvalue weighted by Crippen LogP contribution is 2.36. The molecule has 0 aromatic heterocycles. The van der Waals surface area contributed by atoms with Gasteiger partial charge in [0.1, 0.15) is 0 Å². The van der Waals surface area contributed by atoms with Crippen LogP contribution in [-0.4, -0.2) is 23.3 Å². The molecule has 0 spiro atoms. The molecule has 0 radical (unpaired) electrons. The minimum absolute atomic E-state index is 0.0944. The lowest BCUT2D eigenvalue weighted by molar-refractivity contribution is -0.141. The van der Waals surface area contributed by atoms with Crippen LogP contribution >= 0.6 is 11.6 Å². The third kappa shape index (κ3) is 2.58. The normalized spacial score (nSPS) is 12.2. The van der Waals surface area contributed by atoms with Crippen molar-refractivity contribution >= 4 is 17.6 Å². The molecular formula is C11H13ClO4. The number of carboxylic acid groups (broad SMARTS) is 1. The van der Waals surface area contributed by atoms with E-state index >= 15 is 0 Å². The molecule has 5 heteroatoms. The number of phenolic OH excluding ortho intramolecular Hbond substituents is 1. The monoisotopic (exact) mass is 244 g/mol. The van der Waals surface area contributed by atoms with Crippen LogP contribution < -0.4 is 4.74 Å². The second-order valence-electron chi connectivity index (χ2n) is 3.52. The van der Waals surface area contributed by atoms with Gasteiger partial charge in [-0.15, -0.1) is 0 Å². The number of hydrogen-bond donors (Lipinski definition) is 2. The van der Waals surface area contributed by atoms with E-state index in [9.17, 15) is 9.90 Å². The number of rotatable bonds is 4. The molecule has 2 N–H and O–H groups in total. The van der Waals surface area contributed by atoms with Gasteiger partial charge in [0.15, 0.2) is 11.5 Å². The average molecular weight is 245 g/mol. The maximum absolute atomic E-state index is 10.7. The summed E-state index contributed by atoms with van der Waals surface area (Å²) in [5, 5.41) is 18.9. The fourth-order valence-corrected chi connectivity index (χ4v) is 1.57. The first-order chi connectivity index (χ1) is 7.47. The first-order valence-electron chi connectivity index (χ1n) is 4.74. The zero-order valence-electron chi connectivity index (χ0n) is 9.03. The highest BCUT2D eigenvalue weighted by atomic mass is 35.5. The maximum atomic E-state index is 10.7. The lowest BCUT2D eigenvalue weighted by atomic mass is 10.00. The molecule has 88 valence electrons. The Kier molecular flexibility index (Phi) is 4.01. The van der Waals surface area contributed by atoms with Crippen LogP contribution in [0.3, 0.4) is 0 Å². The van der Waals surface area contributed by atoms with Crippen LogP contribution in [0, 0.1) is 5.92 Å². The predicted octanol–water partition coefficient (Wildman–Crippen LogP) is 2.32. The number of carbonyl (C=O) groups is 1. The molecule has 0 saturated carbocycles. The Morgan fingerprint density at radius 1 is 1.56 bits per heavy atom. The summed E-state index contributed by atoms with van der Waals surface area (Å²) < 4.78 is 4.93. The van der Waals surface area contributed by atoms with Crippen molar-refractivity contribution in [3.63, 3.8) is 0 Å². The van der Waals surface area contributed by atoms with Crippen molar-refractivity contribution in [3.8, 4) is 11.5 Å². The molecule has 16 heavy (non-hydrogen) atoms. The quantitative estimate of drug-likeness (QED) is 0.853. The fraction of sp³-hybridized carbons (Fsp3) is 0.364. The van der Waals surface area contributed by atoms with Gasteiger partial charge < -0.3 is 14.9 Å². The van der Waals surface area contributed by atoms with Crippen LogP contribution in [0.15, 0.2) is 12.1 Å². The molecule has 0 aliphatic rings. The van der Waals surface area contributed by atoms with Crippen molar-refractivity contribution in [2.75, 3.05) is 7.11 Å². The number of aliphatic carboxylic acids is 1. The molecule has 1 aromatic rings. The van der Waals surface area contributed by atoms with Gasteiger partial charge in [0.25, 0.3) is 0 Å². The molecule has 0 amide bonds. The summed E-state index contributed by atoms with van der Waals surface area (Å²) >= 11 is 5.90. The molecule has 1 atom stereocenters. The Balaban J connectivity index is 3.07. The number of phenols is 1. The van der Waals surface area contributed by atoms with Crippen molar-refractivity contribution in [1.29, 1.82) is 0 Å². The van der Waals surface area contributed by atoms with Crippen molar-refractivity contribution in [3.05, 3.63) is 22.7 Å². The maximum Gasteiger partial charge on any atom is 0.306 e. The Labute approximate surface area is 98.4 Å². The van der Waals surface area contributed by atoms with E-state index in [0.29, 0.717) is 10.6 Å². The molecule has 1 aromatic carbocycles. The summed E-state index contributed by atoms with van der Waals surface area (Å²) in [6, 6.07) is 3.11. The molecule has 0 bridgehead atoms. The Hall–Kier alpha value is -1.42. The van der Waals surface area contributed by atoms with Gasteiger partial charge in [-0.25, -0.2) is 0 Å². The summed E-state index contributed by atoms with van der Waals surface area (Å²) in [5.41, 5.74) is 0.399. The molecule has 0 saturated heterocycles. The van der Waals surface area contributed by atoms with Gasteiger partial charge in [0, 0.05) is 10.6 Å². The summed E-state index contributed by atoms with van der Waals surface area (Å²) in [6.45, 7) is 1.55. The second kappa shape index (κ2) is 5.07. The van der Waals surface area contributed by atoms with Crippen LogP contribution in [0.25, 0.3) is 0 Å². The number of benzene rings is 1. The van der Waals surface area contributed by atoms with Gasteiger partial charge in [-0.1, -0.05) is 18.5 Å². The Morgan fingerprint density at radius 3 is 2.69 bits per heavy atom. The minimum atomic E-state index is -0.932. The molecule has 0 aliphatic heterocycles. The fourth-order valence-electron chi connectivity index (χ4n) is 1.34. The highest BCUT2D eigenvalue weighted by Gasteiger charge is 2.18. The van der Waals surface area contributed by atoms with Crippen LogP contribution in [0.4, 0.5) is 0 Å². The summed E-state index contributed by atoms with van der Waals surface area (Å²) in [4.78, 5) is 10.7. The highest BCUT2D eigenvalue weighted by molar-refractivity contribution is 6.31. The summed E-state index contributed by atoms with van der Waals surface area (Å²) in [6.07, 6.45) is 0.164. The van der Waals surface area contributed by atoms with E-state index in [1.807, 2.05) is 0 Å². The lowest BCUT2D eigenvalue weighted by Crippen LogP contribution is -2.12. The van der Waals surface area contributed by atoms with Crippen molar-refractivity contribution in [2.24, 2.45) is 5.92 Å². The topological polar surface area (TPSA) is 66.8 Å². The molecule has 1 rings (SSSR count). The molecular weight excluding hydrogens is 232 g/mol. The largest absolute Gasteiger partial charge is 0.504 e. The van der Waals surface area contributed by atoms with Crippen LogP contribution in [-0.2, 0) is 11.2 Å². The van der Waals surface area contributed by atoms with E-state index in [-0.39, 0.29) is 17.9 Å². The van der Waals surface area contributed by atoms with E-state index in [1.165, 1.54) is 13.2 Å². The number of halogens is 1. The van der Waals surface area contributed by atoms with Crippen molar-refractivity contribution in [2.45, 2.75) is 13.3 Å². The van der Waals surface area contributed by atoms with Crippen LogP contribution in [0.1, 0.15) is 12.5 Å². The van der Waals surface area contributed by atoms with Crippen LogP contribution in [0.2, 0.25) is 5.02 Å². The van der Waals surface area contributed by atoms with E-state index in [4.69, 9.17) is 21.4 Å². The molecule has 0 fully saturated rings. The molecule has 4 nitrogen and oxygen atoms in total. The van der Waals surface area contributed by atoms with Gasteiger partial charge in [0.05, 0.1) is 13.0 Å². The lowest BCUT2D eigenvalue weighted by Gasteiger charge is -2.12. The average Bonchev–Trinajstić information content (AvgIpc) is 2.24. The Morgan fingerprint density at radius 2 is 2.19 bits per heavy atom. The SMILES string of the molecule is COc1ccc(Cl)c(CC(C)C(=O)O)c1O. The van der Waals surface area contributed by atoms with Gasteiger partial charge in [0.2, 0.25) is 0 Å². The third-order valence-corrected chi connectivity index (χ3v) is 2.69. The zero-order chi connectivity index (χ0) is 12.3. The van der Waals surface area contributed by atoms with Gasteiger partial charge in [-0.3, -0.25) is 4.79 Å². The number of aromatic hydroxyl groups is 1. The second-order valence-corrected chi connectivity index (χ2v) is 3.93. The molecule has 0 heterocycles. The van der Waals surface area contributed by atoms with E-state index in [0.717, 1.165) is 0 Å². The van der Waals surface area contributed by atoms with Crippen molar-refractivity contribution in [1.82, 2.24) is 0 Å². The molecule has 0 aliphatic carbocycles. The Bertz CT molecular complexity index is 403. The summed E-state index contributed by atoms with van der Waals surface area (Å²) in [5.74, 6) is -1.35. The number of hydrogen-bond acceptors (Lipinski definition) is 3. The van der Waals surface area contributed by atoms with Gasteiger partial charge in [-0.05, 0) is 18.6 Å². The van der Waals surface area contributed by atoms with E-state index in [2.05, 4.69) is 0 Å². The van der Waals surface area contributed by atoms with Crippen LogP contribution in [0.5, 0.6) is 11.5 Å². The minimum Gasteiger partial charge on any atom is -0.504 e. The number of carboxylic acids is 1. The zero-order valence-corrected chi connectivity index (χ0v) is 9.78. The van der Waals surface area contributed by atoms with E-state index in [1.54, 1.807) is 13.0 Å².